The van der Waals surface area contributed by atoms with Gasteiger partial charge < -0.3 is 15.5 Å². The Bertz CT molecular complexity index is 445. The molecule has 1 fully saturated rings. The molecule has 6 heteroatoms. The number of rotatable bonds is 5. The number of likely N-dealkylation sites (tertiary alicyclic amines) is 1. The van der Waals surface area contributed by atoms with Gasteiger partial charge in [-0.25, -0.2) is 0 Å². The van der Waals surface area contributed by atoms with Crippen molar-refractivity contribution in [3.63, 3.8) is 0 Å². The average Bonchev–Trinajstić information content (AvgIpc) is 2.94. The summed E-state index contributed by atoms with van der Waals surface area (Å²) < 4.78 is 0. The highest BCUT2D eigenvalue weighted by Gasteiger charge is 2.24. The van der Waals surface area contributed by atoms with Gasteiger partial charge in [0.1, 0.15) is 5.82 Å². The molecule has 110 valence electrons. The van der Waals surface area contributed by atoms with E-state index in [0.717, 1.165) is 19.5 Å². The molecule has 1 atom stereocenters. The number of hydrogen-bond acceptors (Lipinski definition) is 5. The fourth-order valence-electron chi connectivity index (χ4n) is 2.41. The molecule has 1 aromatic rings. The van der Waals surface area contributed by atoms with Gasteiger partial charge in [-0.2, -0.15) is 0 Å². The Hall–Kier alpha value is -1.69. The summed E-state index contributed by atoms with van der Waals surface area (Å²) in [5, 5.41) is 13.6. The van der Waals surface area contributed by atoms with Crippen LogP contribution in [0.2, 0.25) is 0 Å². The molecule has 2 N–H and O–H groups in total. The summed E-state index contributed by atoms with van der Waals surface area (Å²) in [6.07, 6.45) is 1.14. The summed E-state index contributed by atoms with van der Waals surface area (Å²) in [6.45, 7) is 7.30. The Morgan fingerprint density at radius 2 is 2.25 bits per heavy atom. The van der Waals surface area contributed by atoms with Crippen LogP contribution in [0.4, 0.5) is 5.82 Å². The van der Waals surface area contributed by atoms with Gasteiger partial charge in [-0.3, -0.25) is 4.79 Å². The van der Waals surface area contributed by atoms with E-state index in [4.69, 9.17) is 0 Å². The first-order chi connectivity index (χ1) is 9.60. The fourth-order valence-corrected chi connectivity index (χ4v) is 2.41. The highest BCUT2D eigenvalue weighted by Crippen LogP contribution is 2.17. The fraction of sp³-hybridized carbons (Fsp3) is 0.643. The van der Waals surface area contributed by atoms with Crippen LogP contribution in [0.15, 0.2) is 12.1 Å². The van der Waals surface area contributed by atoms with Crippen LogP contribution in [0.1, 0.15) is 30.8 Å². The summed E-state index contributed by atoms with van der Waals surface area (Å²) >= 11 is 0. The third-order valence-electron chi connectivity index (χ3n) is 3.75. The van der Waals surface area contributed by atoms with Crippen molar-refractivity contribution in [2.45, 2.75) is 26.3 Å². The van der Waals surface area contributed by atoms with Gasteiger partial charge in [-0.1, -0.05) is 0 Å². The second kappa shape index (κ2) is 6.65. The largest absolute Gasteiger partial charge is 0.372 e. The van der Waals surface area contributed by atoms with E-state index in [0.29, 0.717) is 30.0 Å². The third-order valence-corrected chi connectivity index (χ3v) is 3.75. The highest BCUT2D eigenvalue weighted by molar-refractivity contribution is 5.92. The molecule has 20 heavy (non-hydrogen) atoms. The molecule has 2 heterocycles. The summed E-state index contributed by atoms with van der Waals surface area (Å²) in [7, 11) is 1.77. The van der Waals surface area contributed by atoms with E-state index in [1.807, 2.05) is 0 Å². The Balaban J connectivity index is 1.80. The van der Waals surface area contributed by atoms with Crippen LogP contribution < -0.4 is 10.6 Å². The topological polar surface area (TPSA) is 70.2 Å². The molecule has 1 unspecified atom stereocenters. The van der Waals surface area contributed by atoms with Crippen LogP contribution in [-0.4, -0.2) is 53.7 Å². The van der Waals surface area contributed by atoms with Gasteiger partial charge in [0.25, 0.3) is 5.91 Å². The van der Waals surface area contributed by atoms with Gasteiger partial charge in [0, 0.05) is 26.2 Å². The normalized spacial score (nSPS) is 19.3. The predicted molar refractivity (Wildman–Crippen MR) is 78.7 cm³/mol. The summed E-state index contributed by atoms with van der Waals surface area (Å²) in [4.78, 5) is 14.4. The summed E-state index contributed by atoms with van der Waals surface area (Å²) in [5.74, 6) is 1.04. The maximum Gasteiger partial charge on any atom is 0.271 e. The lowest BCUT2D eigenvalue weighted by Crippen LogP contribution is -2.33. The lowest BCUT2D eigenvalue weighted by Gasteiger charge is -2.20. The van der Waals surface area contributed by atoms with E-state index in [1.54, 1.807) is 19.2 Å². The lowest BCUT2D eigenvalue weighted by molar-refractivity contribution is 0.0941. The molecule has 1 amide bonds. The maximum absolute atomic E-state index is 12.0. The zero-order valence-corrected chi connectivity index (χ0v) is 12.4. The second-order valence-electron chi connectivity index (χ2n) is 5.51. The second-order valence-corrected chi connectivity index (χ2v) is 5.51. The molecule has 0 bridgehead atoms. The minimum atomic E-state index is -0.150. The van der Waals surface area contributed by atoms with Crippen LogP contribution in [0.25, 0.3) is 0 Å². The molecule has 0 aromatic carbocycles. The van der Waals surface area contributed by atoms with Crippen LogP contribution in [-0.2, 0) is 0 Å². The quantitative estimate of drug-likeness (QED) is 0.839. The van der Waals surface area contributed by atoms with E-state index < -0.39 is 0 Å². The standard InChI is InChI=1S/C14H23N5O/c1-10(2)19-7-6-11(9-19)8-16-14(20)12-4-5-13(15-3)18-17-12/h4-5,10-11H,6-9H2,1-3H3,(H,15,18)(H,16,20). The Kier molecular flexibility index (Phi) is 4.89. The van der Waals surface area contributed by atoms with Gasteiger partial charge in [0.2, 0.25) is 0 Å². The molecule has 1 aliphatic rings. The van der Waals surface area contributed by atoms with Crippen molar-refractivity contribution in [3.05, 3.63) is 17.8 Å². The van der Waals surface area contributed by atoms with E-state index in [9.17, 15) is 4.79 Å². The number of carbonyl (C=O) groups excluding carboxylic acids is 1. The molecule has 1 saturated heterocycles. The molecule has 0 aliphatic carbocycles. The van der Waals surface area contributed by atoms with Crippen molar-refractivity contribution in [1.82, 2.24) is 20.4 Å². The molecule has 6 nitrogen and oxygen atoms in total. The number of amides is 1. The van der Waals surface area contributed by atoms with E-state index >= 15 is 0 Å². The van der Waals surface area contributed by atoms with Crippen LogP contribution in [0.5, 0.6) is 0 Å². The number of anilines is 1. The number of nitrogens with zero attached hydrogens (tertiary/aromatic N) is 3. The van der Waals surface area contributed by atoms with Gasteiger partial charge in [-0.15, -0.1) is 10.2 Å². The third kappa shape index (κ3) is 3.66. The van der Waals surface area contributed by atoms with Gasteiger partial charge in [-0.05, 0) is 44.9 Å². The van der Waals surface area contributed by atoms with Crippen LogP contribution in [0, 0.1) is 5.92 Å². The monoisotopic (exact) mass is 277 g/mol. The Morgan fingerprint density at radius 1 is 1.45 bits per heavy atom. The average molecular weight is 277 g/mol. The van der Waals surface area contributed by atoms with Crippen molar-refractivity contribution < 1.29 is 4.79 Å². The minimum absolute atomic E-state index is 0.150. The van der Waals surface area contributed by atoms with E-state index in [-0.39, 0.29) is 5.91 Å². The summed E-state index contributed by atoms with van der Waals surface area (Å²) in [5.41, 5.74) is 0.364. The molecule has 0 spiro atoms. The SMILES string of the molecule is CNc1ccc(C(=O)NCC2CCN(C(C)C)C2)nn1. The zero-order valence-electron chi connectivity index (χ0n) is 12.4. The maximum atomic E-state index is 12.0. The number of aromatic nitrogens is 2. The van der Waals surface area contributed by atoms with Crippen molar-refractivity contribution in [3.8, 4) is 0 Å². The molecule has 0 radical (unpaired) electrons. The van der Waals surface area contributed by atoms with Gasteiger partial charge in [0.05, 0.1) is 0 Å². The Labute approximate surface area is 120 Å². The zero-order chi connectivity index (χ0) is 14.5. The van der Waals surface area contributed by atoms with Crippen LogP contribution >= 0.6 is 0 Å². The molecule has 1 aromatic heterocycles. The summed E-state index contributed by atoms with van der Waals surface area (Å²) in [6, 6.07) is 4.01. The number of nitrogens with one attached hydrogen (secondary N) is 2. The smallest absolute Gasteiger partial charge is 0.271 e. The van der Waals surface area contributed by atoms with Gasteiger partial charge >= 0.3 is 0 Å². The minimum Gasteiger partial charge on any atom is -0.372 e. The molecular formula is C14H23N5O. The predicted octanol–water partition coefficient (Wildman–Crippen LogP) is 0.978. The first kappa shape index (κ1) is 14.7. The van der Waals surface area contributed by atoms with E-state index in [1.165, 1.54) is 0 Å². The first-order valence-electron chi connectivity index (χ1n) is 7.14. The van der Waals surface area contributed by atoms with Crippen molar-refractivity contribution >= 4 is 11.7 Å². The molecule has 2 rings (SSSR count). The Morgan fingerprint density at radius 3 is 2.80 bits per heavy atom. The number of hydrogen-bond donors (Lipinski definition) is 2. The van der Waals surface area contributed by atoms with Crippen molar-refractivity contribution in [2.75, 3.05) is 32.0 Å². The molecule has 0 saturated carbocycles. The van der Waals surface area contributed by atoms with Crippen molar-refractivity contribution in [1.29, 1.82) is 0 Å². The van der Waals surface area contributed by atoms with E-state index in [2.05, 4.69) is 39.6 Å². The number of carbonyl (C=O) groups is 1. The molecule has 1 aliphatic heterocycles. The lowest BCUT2D eigenvalue weighted by atomic mass is 10.1. The van der Waals surface area contributed by atoms with Crippen molar-refractivity contribution in [2.24, 2.45) is 5.92 Å². The first-order valence-corrected chi connectivity index (χ1v) is 7.14. The highest BCUT2D eigenvalue weighted by atomic mass is 16.1. The van der Waals surface area contributed by atoms with Crippen LogP contribution in [0.3, 0.4) is 0 Å². The molecular weight excluding hydrogens is 254 g/mol. The van der Waals surface area contributed by atoms with Gasteiger partial charge in [0.15, 0.2) is 5.69 Å².